The summed E-state index contributed by atoms with van der Waals surface area (Å²) in [5, 5.41) is 0. The zero-order chi connectivity index (χ0) is 31.4. The van der Waals surface area contributed by atoms with E-state index in [4.69, 9.17) is 23.7 Å². The molecule has 0 amide bonds. The van der Waals surface area contributed by atoms with Gasteiger partial charge in [-0.05, 0) is 38.2 Å². The van der Waals surface area contributed by atoms with Crippen LogP contribution < -0.4 is 18.9 Å². The number of ether oxygens (including phenoxy) is 5. The van der Waals surface area contributed by atoms with Gasteiger partial charge in [0, 0.05) is 12.1 Å². The molecule has 43 heavy (non-hydrogen) atoms. The molecule has 1 aromatic carbocycles. The first-order valence-electron chi connectivity index (χ1n) is 17.7. The molecular formula is C37H64O6. The van der Waals surface area contributed by atoms with E-state index >= 15 is 0 Å². The fourth-order valence-electron chi connectivity index (χ4n) is 4.63. The maximum Gasteiger partial charge on any atom is 0.330 e. The van der Waals surface area contributed by atoms with Crippen molar-refractivity contribution < 1.29 is 28.5 Å². The fourth-order valence-corrected chi connectivity index (χ4v) is 4.63. The SMILES string of the molecule is CCCCCCOc1cc(OCCCCCC)c(OCCCCCC)c(C=CC(=O)OCCCC)c1OCCCCCC. The van der Waals surface area contributed by atoms with Crippen LogP contribution in [0.2, 0.25) is 0 Å². The lowest BCUT2D eigenvalue weighted by Gasteiger charge is -2.22. The highest BCUT2D eigenvalue weighted by Gasteiger charge is 2.22. The molecule has 0 aliphatic carbocycles. The van der Waals surface area contributed by atoms with Crippen LogP contribution >= 0.6 is 0 Å². The van der Waals surface area contributed by atoms with Gasteiger partial charge in [-0.15, -0.1) is 0 Å². The summed E-state index contributed by atoms with van der Waals surface area (Å²) in [4.78, 5) is 12.6. The summed E-state index contributed by atoms with van der Waals surface area (Å²) >= 11 is 0. The van der Waals surface area contributed by atoms with Crippen molar-refractivity contribution in [2.75, 3.05) is 33.0 Å². The van der Waals surface area contributed by atoms with Crippen LogP contribution in [0.5, 0.6) is 23.0 Å². The zero-order valence-electron chi connectivity index (χ0n) is 28.4. The molecule has 0 bridgehead atoms. The van der Waals surface area contributed by atoms with E-state index in [0.717, 1.165) is 64.2 Å². The molecule has 248 valence electrons. The lowest BCUT2D eigenvalue weighted by Crippen LogP contribution is -2.09. The number of esters is 1. The summed E-state index contributed by atoms with van der Waals surface area (Å²) < 4.78 is 31.1. The predicted octanol–water partition coefficient (Wildman–Crippen LogP) is 10.9. The lowest BCUT2D eigenvalue weighted by molar-refractivity contribution is -0.137. The van der Waals surface area contributed by atoms with Gasteiger partial charge in [0.15, 0.2) is 23.0 Å². The van der Waals surface area contributed by atoms with E-state index in [2.05, 4.69) is 34.6 Å². The van der Waals surface area contributed by atoms with Gasteiger partial charge < -0.3 is 23.7 Å². The summed E-state index contributed by atoms with van der Waals surface area (Å²) in [5.41, 5.74) is 0.688. The summed E-state index contributed by atoms with van der Waals surface area (Å²) in [6, 6.07) is 1.94. The second-order valence-corrected chi connectivity index (χ2v) is 11.4. The average Bonchev–Trinajstić information content (AvgIpc) is 3.01. The Hall–Kier alpha value is -2.37. The van der Waals surface area contributed by atoms with Crippen LogP contribution in [0.3, 0.4) is 0 Å². The Labute approximate surface area is 264 Å². The smallest absolute Gasteiger partial charge is 0.330 e. The van der Waals surface area contributed by atoms with E-state index in [9.17, 15) is 4.79 Å². The Morgan fingerprint density at radius 2 is 0.907 bits per heavy atom. The Morgan fingerprint density at radius 3 is 1.30 bits per heavy atom. The third-order valence-corrected chi connectivity index (χ3v) is 7.33. The van der Waals surface area contributed by atoms with Crippen molar-refractivity contribution in [3.8, 4) is 23.0 Å². The van der Waals surface area contributed by atoms with Crippen molar-refractivity contribution in [1.82, 2.24) is 0 Å². The lowest BCUT2D eigenvalue weighted by atomic mass is 10.1. The van der Waals surface area contributed by atoms with E-state index in [0.29, 0.717) is 61.6 Å². The van der Waals surface area contributed by atoms with E-state index in [-0.39, 0.29) is 5.97 Å². The minimum atomic E-state index is -0.371. The van der Waals surface area contributed by atoms with Crippen LogP contribution in [0.4, 0.5) is 0 Å². The van der Waals surface area contributed by atoms with Gasteiger partial charge in [-0.2, -0.15) is 0 Å². The number of benzene rings is 1. The van der Waals surface area contributed by atoms with E-state index < -0.39 is 0 Å². The monoisotopic (exact) mass is 604 g/mol. The Morgan fingerprint density at radius 1 is 0.512 bits per heavy atom. The van der Waals surface area contributed by atoms with Gasteiger partial charge in [0.25, 0.3) is 0 Å². The van der Waals surface area contributed by atoms with Gasteiger partial charge in [-0.3, -0.25) is 0 Å². The minimum Gasteiger partial charge on any atom is -0.490 e. The van der Waals surface area contributed by atoms with Gasteiger partial charge >= 0.3 is 5.97 Å². The summed E-state index contributed by atoms with van der Waals surface area (Å²) in [7, 11) is 0. The molecule has 1 rings (SSSR count). The molecule has 6 heteroatoms. The summed E-state index contributed by atoms with van der Waals surface area (Å²) in [6.45, 7) is 13.7. The highest BCUT2D eigenvalue weighted by molar-refractivity contribution is 5.89. The first kappa shape index (κ1) is 38.7. The Balaban J connectivity index is 3.48. The van der Waals surface area contributed by atoms with Crippen LogP contribution in [-0.2, 0) is 9.53 Å². The van der Waals surface area contributed by atoms with Crippen molar-refractivity contribution in [3.63, 3.8) is 0 Å². The molecule has 0 spiro atoms. The maximum absolute atomic E-state index is 12.6. The van der Waals surface area contributed by atoms with Crippen LogP contribution in [0.25, 0.3) is 6.08 Å². The highest BCUT2D eigenvalue weighted by Crippen LogP contribution is 2.46. The van der Waals surface area contributed by atoms with Gasteiger partial charge in [0.05, 0.1) is 38.6 Å². The third-order valence-electron chi connectivity index (χ3n) is 7.33. The molecule has 0 atom stereocenters. The maximum atomic E-state index is 12.6. The van der Waals surface area contributed by atoms with Crippen LogP contribution in [0.1, 0.15) is 156 Å². The molecule has 0 saturated heterocycles. The van der Waals surface area contributed by atoms with Crippen LogP contribution in [0.15, 0.2) is 12.1 Å². The van der Waals surface area contributed by atoms with Crippen LogP contribution in [0, 0.1) is 0 Å². The molecule has 0 unspecified atom stereocenters. The van der Waals surface area contributed by atoms with Crippen molar-refractivity contribution >= 4 is 12.0 Å². The number of carbonyl (C=O) groups excluding carboxylic acids is 1. The average molecular weight is 605 g/mol. The second kappa shape index (κ2) is 27.2. The normalized spacial score (nSPS) is 11.2. The quantitative estimate of drug-likeness (QED) is 0.0515. The Bertz CT molecular complexity index is 800. The third kappa shape index (κ3) is 18.1. The van der Waals surface area contributed by atoms with Crippen molar-refractivity contribution in [2.45, 2.75) is 150 Å². The van der Waals surface area contributed by atoms with Crippen molar-refractivity contribution in [2.24, 2.45) is 0 Å². The second-order valence-electron chi connectivity index (χ2n) is 11.4. The molecule has 0 heterocycles. The van der Waals surface area contributed by atoms with Gasteiger partial charge in [0.1, 0.15) is 0 Å². The topological polar surface area (TPSA) is 63.2 Å². The highest BCUT2D eigenvalue weighted by atomic mass is 16.5. The number of rotatable bonds is 29. The first-order chi connectivity index (χ1) is 21.1. The largest absolute Gasteiger partial charge is 0.490 e. The molecule has 1 aromatic rings. The predicted molar refractivity (Wildman–Crippen MR) is 180 cm³/mol. The zero-order valence-corrected chi connectivity index (χ0v) is 28.4. The minimum absolute atomic E-state index is 0.371. The molecule has 0 saturated carbocycles. The van der Waals surface area contributed by atoms with Crippen molar-refractivity contribution in [3.05, 3.63) is 17.7 Å². The number of hydrogen-bond donors (Lipinski definition) is 0. The summed E-state index contributed by atoms with van der Waals surface area (Å²) in [6.07, 6.45) is 22.8. The standard InChI is InChI=1S/C37H64O6/c1-6-11-16-20-27-39-33-31-34(40-28-21-17-12-7-2)37(43-30-23-19-14-9-4)32(24-25-35(38)41-26-15-10-5)36(33)42-29-22-18-13-8-3/h24-25,31H,6-23,26-30H2,1-5H3. The molecule has 0 aromatic heterocycles. The molecule has 0 N–H and O–H groups in total. The van der Waals surface area contributed by atoms with E-state index in [1.807, 2.05) is 6.07 Å². The molecule has 0 radical (unpaired) electrons. The molecule has 0 aliphatic heterocycles. The van der Waals surface area contributed by atoms with E-state index in [1.165, 1.54) is 57.4 Å². The first-order valence-corrected chi connectivity index (χ1v) is 17.7. The van der Waals surface area contributed by atoms with Gasteiger partial charge in [0.2, 0.25) is 0 Å². The van der Waals surface area contributed by atoms with Crippen LogP contribution in [-0.4, -0.2) is 39.0 Å². The Kier molecular flexibility index (Phi) is 24.4. The molecule has 0 fully saturated rings. The number of hydrogen-bond acceptors (Lipinski definition) is 6. The van der Waals surface area contributed by atoms with Gasteiger partial charge in [-0.1, -0.05) is 118 Å². The summed E-state index contributed by atoms with van der Waals surface area (Å²) in [5.74, 6) is 2.16. The van der Waals surface area contributed by atoms with E-state index in [1.54, 1.807) is 6.08 Å². The fraction of sp³-hybridized carbons (Fsp3) is 0.757. The molecule has 6 nitrogen and oxygen atoms in total. The van der Waals surface area contributed by atoms with Crippen molar-refractivity contribution in [1.29, 1.82) is 0 Å². The molecule has 0 aliphatic rings. The number of carbonyl (C=O) groups is 1. The number of unbranched alkanes of at least 4 members (excludes halogenated alkanes) is 13. The molecular weight excluding hydrogens is 540 g/mol. The van der Waals surface area contributed by atoms with Gasteiger partial charge in [-0.25, -0.2) is 4.79 Å².